The number of hydrogen-bond acceptors (Lipinski definition) is 6. The number of furan rings is 1. The largest absolute Gasteiger partial charge is 0.497 e. The predicted octanol–water partition coefficient (Wildman–Crippen LogP) is 4.95. The van der Waals surface area contributed by atoms with Gasteiger partial charge < -0.3 is 9.15 Å². The number of fused-ring (bicyclic) bond motifs is 1. The third kappa shape index (κ3) is 3.90. The monoisotopic (exact) mass is 406 g/mol. The molecule has 146 valence electrons. The number of carbonyl (C=O) groups is 2. The van der Waals surface area contributed by atoms with Crippen LogP contribution in [0.25, 0.3) is 10.2 Å². The van der Waals surface area contributed by atoms with Crippen molar-refractivity contribution in [3.8, 4) is 5.75 Å². The van der Waals surface area contributed by atoms with Crippen LogP contribution in [0, 0.1) is 0 Å². The number of rotatable bonds is 6. The van der Waals surface area contributed by atoms with Gasteiger partial charge in [0.1, 0.15) is 11.5 Å². The minimum Gasteiger partial charge on any atom is -0.497 e. The van der Waals surface area contributed by atoms with E-state index in [4.69, 9.17) is 9.15 Å². The molecule has 2 heterocycles. The van der Waals surface area contributed by atoms with Gasteiger partial charge in [-0.2, -0.15) is 0 Å². The molecule has 0 aliphatic heterocycles. The van der Waals surface area contributed by atoms with Crippen LogP contribution in [-0.4, -0.2) is 23.8 Å². The fraction of sp³-hybridized carbons (Fsp3) is 0.136. The van der Waals surface area contributed by atoms with Gasteiger partial charge in [0.25, 0.3) is 5.91 Å². The number of benzene rings is 2. The van der Waals surface area contributed by atoms with Gasteiger partial charge in [-0.25, -0.2) is 4.98 Å². The number of amides is 1. The van der Waals surface area contributed by atoms with Crippen molar-refractivity contribution in [2.24, 2.45) is 0 Å². The molecular weight excluding hydrogens is 388 g/mol. The average molecular weight is 406 g/mol. The number of hydrogen-bond donors (Lipinski definition) is 0. The summed E-state index contributed by atoms with van der Waals surface area (Å²) in [5.74, 6) is 1.09. The molecule has 0 fully saturated rings. The summed E-state index contributed by atoms with van der Waals surface area (Å²) in [6.07, 6.45) is 1.57. The predicted molar refractivity (Wildman–Crippen MR) is 112 cm³/mol. The van der Waals surface area contributed by atoms with Gasteiger partial charge in [-0.1, -0.05) is 23.5 Å². The molecule has 1 amide bonds. The second kappa shape index (κ2) is 7.89. The van der Waals surface area contributed by atoms with Gasteiger partial charge in [0.05, 0.1) is 30.1 Å². The molecule has 0 aliphatic rings. The Balaban J connectivity index is 1.73. The number of ketones is 1. The van der Waals surface area contributed by atoms with Crippen LogP contribution in [-0.2, 0) is 6.54 Å². The SMILES string of the molecule is COc1ccc2sc(N(Cc3ccco3)C(=O)c3ccc(C(C)=O)cc3)nc2c1. The number of Topliss-reactive ketones (excluding diaryl/α,β-unsaturated/α-hetero) is 1. The van der Waals surface area contributed by atoms with E-state index in [0.717, 1.165) is 10.2 Å². The maximum Gasteiger partial charge on any atom is 0.260 e. The van der Waals surface area contributed by atoms with Crippen molar-refractivity contribution in [3.05, 3.63) is 77.7 Å². The fourth-order valence-electron chi connectivity index (χ4n) is 2.93. The molecule has 0 spiro atoms. The molecule has 0 radical (unpaired) electrons. The standard InChI is InChI=1S/C22H18N2O4S/c1-14(25)15-5-7-16(8-6-15)21(26)24(13-18-4-3-11-28-18)22-23-19-12-17(27-2)9-10-20(19)29-22/h3-12H,13H2,1-2H3. The highest BCUT2D eigenvalue weighted by Gasteiger charge is 2.23. The summed E-state index contributed by atoms with van der Waals surface area (Å²) in [4.78, 5) is 31.0. The first-order valence-corrected chi connectivity index (χ1v) is 9.76. The minimum absolute atomic E-state index is 0.0449. The van der Waals surface area contributed by atoms with Crippen molar-refractivity contribution in [2.75, 3.05) is 12.0 Å². The lowest BCUT2D eigenvalue weighted by atomic mass is 10.1. The maximum atomic E-state index is 13.3. The van der Waals surface area contributed by atoms with Crippen molar-refractivity contribution in [1.29, 1.82) is 0 Å². The quantitative estimate of drug-likeness (QED) is 0.424. The molecule has 0 N–H and O–H groups in total. The first kappa shape index (κ1) is 18.9. The molecule has 0 saturated heterocycles. The Labute approximate surface area is 171 Å². The first-order valence-electron chi connectivity index (χ1n) is 8.95. The topological polar surface area (TPSA) is 72.6 Å². The molecule has 29 heavy (non-hydrogen) atoms. The van der Waals surface area contributed by atoms with E-state index >= 15 is 0 Å². The Morgan fingerprint density at radius 2 is 1.86 bits per heavy atom. The van der Waals surface area contributed by atoms with Crippen LogP contribution in [0.2, 0.25) is 0 Å². The molecule has 0 atom stereocenters. The highest BCUT2D eigenvalue weighted by molar-refractivity contribution is 7.22. The van der Waals surface area contributed by atoms with E-state index in [2.05, 4.69) is 4.98 Å². The van der Waals surface area contributed by atoms with Crippen molar-refractivity contribution < 1.29 is 18.7 Å². The fourth-order valence-corrected chi connectivity index (χ4v) is 3.87. The third-order valence-electron chi connectivity index (χ3n) is 4.49. The second-order valence-electron chi connectivity index (χ2n) is 6.43. The highest BCUT2D eigenvalue weighted by Crippen LogP contribution is 2.32. The van der Waals surface area contributed by atoms with Crippen molar-refractivity contribution in [1.82, 2.24) is 4.98 Å². The minimum atomic E-state index is -0.220. The van der Waals surface area contributed by atoms with Crippen LogP contribution in [0.15, 0.2) is 65.3 Å². The van der Waals surface area contributed by atoms with Crippen LogP contribution in [0.1, 0.15) is 33.4 Å². The molecule has 0 unspecified atom stereocenters. The van der Waals surface area contributed by atoms with Gasteiger partial charge in [-0.05, 0) is 43.3 Å². The van der Waals surface area contributed by atoms with Crippen LogP contribution in [0.5, 0.6) is 5.75 Å². The second-order valence-corrected chi connectivity index (χ2v) is 7.44. The van der Waals surface area contributed by atoms with E-state index in [1.165, 1.54) is 18.3 Å². The lowest BCUT2D eigenvalue weighted by Gasteiger charge is -2.19. The van der Waals surface area contributed by atoms with E-state index in [1.54, 1.807) is 48.6 Å². The van der Waals surface area contributed by atoms with Gasteiger partial charge in [-0.3, -0.25) is 14.5 Å². The number of anilines is 1. The van der Waals surface area contributed by atoms with Gasteiger partial charge in [0.15, 0.2) is 10.9 Å². The van der Waals surface area contributed by atoms with Crippen LogP contribution < -0.4 is 9.64 Å². The number of nitrogens with zero attached hydrogens (tertiary/aromatic N) is 2. The van der Waals surface area contributed by atoms with Crippen molar-refractivity contribution in [2.45, 2.75) is 13.5 Å². The third-order valence-corrected chi connectivity index (χ3v) is 5.55. The molecule has 2 aromatic heterocycles. The number of aromatic nitrogens is 1. The highest BCUT2D eigenvalue weighted by atomic mass is 32.1. The lowest BCUT2D eigenvalue weighted by molar-refractivity contribution is 0.0979. The normalized spacial score (nSPS) is 10.8. The van der Waals surface area contributed by atoms with E-state index in [0.29, 0.717) is 27.8 Å². The van der Waals surface area contributed by atoms with Crippen LogP contribution in [0.3, 0.4) is 0 Å². The summed E-state index contributed by atoms with van der Waals surface area (Å²) in [5, 5.41) is 0.560. The summed E-state index contributed by atoms with van der Waals surface area (Å²) in [6, 6.07) is 15.9. The van der Waals surface area contributed by atoms with E-state index in [9.17, 15) is 9.59 Å². The van der Waals surface area contributed by atoms with Gasteiger partial charge >= 0.3 is 0 Å². The van der Waals surface area contributed by atoms with Crippen molar-refractivity contribution >= 4 is 38.4 Å². The lowest BCUT2D eigenvalue weighted by Crippen LogP contribution is -2.30. The van der Waals surface area contributed by atoms with Gasteiger partial charge in [0.2, 0.25) is 0 Å². The zero-order valence-corrected chi connectivity index (χ0v) is 16.7. The summed E-state index contributed by atoms with van der Waals surface area (Å²) < 4.78 is 11.7. The molecular formula is C22H18N2O4S. The Bertz CT molecular complexity index is 1160. The molecule has 0 aliphatic carbocycles. The van der Waals surface area contributed by atoms with Gasteiger partial charge in [0, 0.05) is 17.2 Å². The molecule has 0 saturated carbocycles. The molecule has 7 heteroatoms. The molecule has 6 nitrogen and oxygen atoms in total. The van der Waals surface area contributed by atoms with Gasteiger partial charge in [-0.15, -0.1) is 0 Å². The summed E-state index contributed by atoms with van der Waals surface area (Å²) in [6.45, 7) is 1.74. The molecule has 4 aromatic rings. The van der Waals surface area contributed by atoms with Crippen LogP contribution in [0.4, 0.5) is 5.13 Å². The average Bonchev–Trinajstić information content (AvgIpc) is 3.40. The van der Waals surface area contributed by atoms with E-state index in [-0.39, 0.29) is 18.2 Å². The smallest absolute Gasteiger partial charge is 0.260 e. The first-order chi connectivity index (χ1) is 14.0. The number of thiazole rings is 1. The Morgan fingerprint density at radius 1 is 1.10 bits per heavy atom. The summed E-state index contributed by atoms with van der Waals surface area (Å²) in [7, 11) is 1.60. The summed E-state index contributed by atoms with van der Waals surface area (Å²) >= 11 is 1.42. The van der Waals surface area contributed by atoms with Crippen LogP contribution >= 0.6 is 11.3 Å². The molecule has 0 bridgehead atoms. The maximum absolute atomic E-state index is 13.3. The van der Waals surface area contributed by atoms with Crippen molar-refractivity contribution in [3.63, 3.8) is 0 Å². The zero-order chi connectivity index (χ0) is 20.4. The number of carbonyl (C=O) groups excluding carboxylic acids is 2. The van der Waals surface area contributed by atoms with E-state index in [1.807, 2.05) is 24.3 Å². The summed E-state index contributed by atoms with van der Waals surface area (Å²) in [5.41, 5.74) is 1.79. The molecule has 2 aromatic carbocycles. The Morgan fingerprint density at radius 3 is 2.52 bits per heavy atom. The van der Waals surface area contributed by atoms with E-state index < -0.39 is 0 Å². The zero-order valence-electron chi connectivity index (χ0n) is 15.9. The Hall–Kier alpha value is -3.45. The number of ether oxygens (including phenoxy) is 1. The molecule has 4 rings (SSSR count). The Kier molecular flexibility index (Phi) is 5.14. The number of methoxy groups -OCH3 is 1.